The molecular formula is C12H12Br2FNO. The molecule has 0 N–H and O–H groups in total. The predicted octanol–water partition coefficient (Wildman–Crippen LogP) is 3.59. The molecule has 1 aromatic rings. The van der Waals surface area contributed by atoms with Crippen molar-refractivity contribution < 1.29 is 9.18 Å². The number of alkyl halides is 1. The minimum Gasteiger partial charge on any atom is -0.339 e. The number of likely N-dealkylation sites (tertiary alicyclic amines) is 1. The first-order chi connectivity index (χ1) is 8.09. The van der Waals surface area contributed by atoms with Gasteiger partial charge >= 0.3 is 0 Å². The van der Waals surface area contributed by atoms with Crippen molar-refractivity contribution >= 4 is 37.8 Å². The molecule has 0 radical (unpaired) electrons. The van der Waals surface area contributed by atoms with Crippen LogP contribution in [0.4, 0.5) is 4.39 Å². The van der Waals surface area contributed by atoms with E-state index >= 15 is 0 Å². The second-order valence-electron chi connectivity index (χ2n) is 4.07. The maximum atomic E-state index is 13.3. The molecule has 1 aliphatic rings. The second kappa shape index (κ2) is 5.48. The lowest BCUT2D eigenvalue weighted by molar-refractivity contribution is 0.0727. The van der Waals surface area contributed by atoms with E-state index in [0.29, 0.717) is 10.4 Å². The maximum Gasteiger partial charge on any atom is 0.255 e. The van der Waals surface area contributed by atoms with Crippen molar-refractivity contribution in [1.82, 2.24) is 4.90 Å². The molecule has 0 aromatic heterocycles. The summed E-state index contributed by atoms with van der Waals surface area (Å²) in [5.41, 5.74) is 0.401. The van der Waals surface area contributed by atoms with E-state index in [4.69, 9.17) is 0 Å². The van der Waals surface area contributed by atoms with Gasteiger partial charge in [-0.2, -0.15) is 0 Å². The molecule has 1 aromatic carbocycles. The SMILES string of the molecule is O=C(c1cccc(F)c1Br)N1CCC(Br)CC1. The molecule has 5 heteroatoms. The van der Waals surface area contributed by atoms with Gasteiger partial charge in [0.15, 0.2) is 0 Å². The maximum absolute atomic E-state index is 13.3. The molecule has 0 bridgehead atoms. The Morgan fingerprint density at radius 1 is 1.35 bits per heavy atom. The average molecular weight is 365 g/mol. The summed E-state index contributed by atoms with van der Waals surface area (Å²) < 4.78 is 13.6. The highest BCUT2D eigenvalue weighted by atomic mass is 79.9. The summed E-state index contributed by atoms with van der Waals surface area (Å²) >= 11 is 6.67. The fraction of sp³-hybridized carbons (Fsp3) is 0.417. The van der Waals surface area contributed by atoms with E-state index < -0.39 is 5.82 Å². The predicted molar refractivity (Wildman–Crippen MR) is 72.0 cm³/mol. The number of benzene rings is 1. The summed E-state index contributed by atoms with van der Waals surface area (Å²) in [7, 11) is 0. The lowest BCUT2D eigenvalue weighted by atomic mass is 10.1. The van der Waals surface area contributed by atoms with Crippen LogP contribution in [-0.4, -0.2) is 28.7 Å². The molecule has 1 aliphatic heterocycles. The van der Waals surface area contributed by atoms with Crippen LogP contribution in [0.5, 0.6) is 0 Å². The Morgan fingerprint density at radius 2 is 2.00 bits per heavy atom. The average Bonchev–Trinajstić information content (AvgIpc) is 2.33. The molecule has 92 valence electrons. The second-order valence-corrected chi connectivity index (χ2v) is 6.16. The van der Waals surface area contributed by atoms with Crippen LogP contribution in [0, 0.1) is 5.82 Å². The fourth-order valence-electron chi connectivity index (χ4n) is 1.89. The third-order valence-corrected chi connectivity index (χ3v) is 4.62. The molecule has 0 saturated carbocycles. The van der Waals surface area contributed by atoms with Crippen LogP contribution >= 0.6 is 31.9 Å². The molecular weight excluding hydrogens is 353 g/mol. The van der Waals surface area contributed by atoms with E-state index in [1.807, 2.05) is 0 Å². The van der Waals surface area contributed by atoms with Gasteiger partial charge in [0.2, 0.25) is 0 Å². The van der Waals surface area contributed by atoms with Crippen LogP contribution < -0.4 is 0 Å². The highest BCUT2D eigenvalue weighted by Gasteiger charge is 2.24. The number of carbonyl (C=O) groups excluding carboxylic acids is 1. The summed E-state index contributed by atoms with van der Waals surface area (Å²) in [6.45, 7) is 1.44. The Kier molecular flexibility index (Phi) is 4.20. The first-order valence-electron chi connectivity index (χ1n) is 5.47. The topological polar surface area (TPSA) is 20.3 Å². The van der Waals surface area contributed by atoms with Crippen molar-refractivity contribution in [2.24, 2.45) is 0 Å². The van der Waals surface area contributed by atoms with Gasteiger partial charge in [0.1, 0.15) is 5.82 Å². The zero-order chi connectivity index (χ0) is 12.4. The van der Waals surface area contributed by atoms with Gasteiger partial charge in [-0.15, -0.1) is 0 Å². The standard InChI is InChI=1S/C12H12Br2FNO/c13-8-4-6-16(7-5-8)12(17)9-2-1-3-10(15)11(9)14/h1-3,8H,4-7H2. The Balaban J connectivity index is 2.17. The third kappa shape index (κ3) is 2.88. The number of rotatable bonds is 1. The first kappa shape index (κ1) is 13.0. The highest BCUT2D eigenvalue weighted by molar-refractivity contribution is 9.10. The van der Waals surface area contributed by atoms with Gasteiger partial charge in [-0.1, -0.05) is 22.0 Å². The van der Waals surface area contributed by atoms with Gasteiger partial charge < -0.3 is 4.90 Å². The number of hydrogen-bond donors (Lipinski definition) is 0. The minimum atomic E-state index is -0.397. The molecule has 1 heterocycles. The Morgan fingerprint density at radius 3 is 2.65 bits per heavy atom. The third-order valence-electron chi connectivity index (χ3n) is 2.89. The van der Waals surface area contributed by atoms with E-state index in [1.165, 1.54) is 6.07 Å². The molecule has 2 rings (SSSR count). The van der Waals surface area contributed by atoms with Gasteiger partial charge in [0.25, 0.3) is 5.91 Å². The number of hydrogen-bond acceptors (Lipinski definition) is 1. The van der Waals surface area contributed by atoms with Gasteiger partial charge in [-0.25, -0.2) is 4.39 Å². The van der Waals surface area contributed by atoms with E-state index in [1.54, 1.807) is 17.0 Å². The summed E-state index contributed by atoms with van der Waals surface area (Å²) in [6.07, 6.45) is 1.89. The Bertz CT molecular complexity index is 431. The Hall–Kier alpha value is -0.420. The molecule has 17 heavy (non-hydrogen) atoms. The van der Waals surface area contributed by atoms with Crippen molar-refractivity contribution in [1.29, 1.82) is 0 Å². The number of piperidine rings is 1. The molecule has 2 nitrogen and oxygen atoms in total. The van der Waals surface area contributed by atoms with E-state index in [-0.39, 0.29) is 10.4 Å². The van der Waals surface area contributed by atoms with E-state index in [0.717, 1.165) is 25.9 Å². The zero-order valence-electron chi connectivity index (χ0n) is 9.13. The molecule has 1 amide bonds. The molecule has 1 fully saturated rings. The molecule has 0 spiro atoms. The van der Waals surface area contributed by atoms with Crippen LogP contribution in [0.25, 0.3) is 0 Å². The van der Waals surface area contributed by atoms with Gasteiger partial charge in [0.05, 0.1) is 10.0 Å². The van der Waals surface area contributed by atoms with Crippen molar-refractivity contribution in [3.05, 3.63) is 34.1 Å². The van der Waals surface area contributed by atoms with Crippen LogP contribution in [0.15, 0.2) is 22.7 Å². The summed E-state index contributed by atoms with van der Waals surface area (Å²) in [6, 6.07) is 4.55. The summed E-state index contributed by atoms with van der Waals surface area (Å²) in [4.78, 5) is 14.5. The summed E-state index contributed by atoms with van der Waals surface area (Å²) in [5.74, 6) is -0.498. The fourth-order valence-corrected chi connectivity index (χ4v) is 2.73. The Labute approximate surface area is 116 Å². The van der Waals surface area contributed by atoms with Crippen LogP contribution in [0.3, 0.4) is 0 Å². The number of nitrogens with zero attached hydrogens (tertiary/aromatic N) is 1. The van der Waals surface area contributed by atoms with E-state index in [2.05, 4.69) is 31.9 Å². The smallest absolute Gasteiger partial charge is 0.255 e. The monoisotopic (exact) mass is 363 g/mol. The number of halogens is 3. The van der Waals surface area contributed by atoms with Gasteiger partial charge in [-0.3, -0.25) is 4.79 Å². The van der Waals surface area contributed by atoms with Crippen molar-refractivity contribution in [2.45, 2.75) is 17.7 Å². The summed E-state index contributed by atoms with van der Waals surface area (Å²) in [5, 5.41) is 0. The molecule has 0 aliphatic carbocycles. The van der Waals surface area contributed by atoms with Crippen LogP contribution in [0.1, 0.15) is 23.2 Å². The molecule has 0 unspecified atom stereocenters. The normalized spacial score (nSPS) is 17.2. The lowest BCUT2D eigenvalue weighted by Gasteiger charge is -2.29. The largest absolute Gasteiger partial charge is 0.339 e. The number of carbonyl (C=O) groups is 1. The first-order valence-corrected chi connectivity index (χ1v) is 7.18. The van der Waals surface area contributed by atoms with Gasteiger partial charge in [0, 0.05) is 17.9 Å². The zero-order valence-corrected chi connectivity index (χ0v) is 12.3. The van der Waals surface area contributed by atoms with Crippen molar-refractivity contribution in [3.8, 4) is 0 Å². The van der Waals surface area contributed by atoms with Crippen LogP contribution in [-0.2, 0) is 0 Å². The highest BCUT2D eigenvalue weighted by Crippen LogP contribution is 2.24. The quantitative estimate of drug-likeness (QED) is 0.697. The molecule has 1 saturated heterocycles. The minimum absolute atomic E-state index is 0.101. The lowest BCUT2D eigenvalue weighted by Crippen LogP contribution is -2.38. The van der Waals surface area contributed by atoms with Gasteiger partial charge in [-0.05, 0) is 40.9 Å². The van der Waals surface area contributed by atoms with Crippen LogP contribution in [0.2, 0.25) is 0 Å². The van der Waals surface area contributed by atoms with Crippen molar-refractivity contribution in [2.75, 3.05) is 13.1 Å². The molecule has 0 atom stereocenters. The van der Waals surface area contributed by atoms with E-state index in [9.17, 15) is 9.18 Å². The van der Waals surface area contributed by atoms with Crippen molar-refractivity contribution in [3.63, 3.8) is 0 Å². The number of amides is 1.